The minimum Gasteiger partial charge on any atom is -0.494 e. The quantitative estimate of drug-likeness (QED) is 0.814. The Hall–Kier alpha value is -2.00. The van der Waals surface area contributed by atoms with Crippen molar-refractivity contribution in [3.8, 4) is 5.75 Å². The van der Waals surface area contributed by atoms with Gasteiger partial charge in [-0.25, -0.2) is 0 Å². The highest BCUT2D eigenvalue weighted by Crippen LogP contribution is 2.23. The summed E-state index contributed by atoms with van der Waals surface area (Å²) in [5.41, 5.74) is 4.47. The Morgan fingerprint density at radius 2 is 1.76 bits per heavy atom. The number of aryl methyl sites for hydroxylation is 1. The lowest BCUT2D eigenvalue weighted by Gasteiger charge is -2.13. The molecule has 112 valence electrons. The summed E-state index contributed by atoms with van der Waals surface area (Å²) in [7, 11) is 0. The van der Waals surface area contributed by atoms with E-state index in [0.717, 1.165) is 30.0 Å². The maximum Gasteiger partial charge on any atom is 0.124 e. The number of rotatable bonds is 7. The predicted octanol–water partition coefficient (Wildman–Crippen LogP) is 3.75. The van der Waals surface area contributed by atoms with Gasteiger partial charge in [0.25, 0.3) is 0 Å². The Kier molecular flexibility index (Phi) is 5.64. The van der Waals surface area contributed by atoms with Crippen LogP contribution in [0.15, 0.2) is 42.5 Å². The number of ether oxygens (including phenoxy) is 1. The third-order valence-corrected chi connectivity index (χ3v) is 3.51. The summed E-state index contributed by atoms with van der Waals surface area (Å²) >= 11 is 0. The smallest absolute Gasteiger partial charge is 0.124 e. The van der Waals surface area contributed by atoms with E-state index in [0.29, 0.717) is 6.61 Å². The second-order valence-corrected chi connectivity index (χ2v) is 4.89. The summed E-state index contributed by atoms with van der Waals surface area (Å²) in [6.45, 7) is 5.47. The number of hydrogen-bond donors (Lipinski definition) is 2. The molecule has 0 fully saturated rings. The molecule has 0 unspecified atom stereocenters. The highest BCUT2D eigenvalue weighted by atomic mass is 16.5. The van der Waals surface area contributed by atoms with Crippen molar-refractivity contribution in [3.05, 3.63) is 59.2 Å². The van der Waals surface area contributed by atoms with Crippen LogP contribution in [0.25, 0.3) is 0 Å². The lowest BCUT2D eigenvalue weighted by Crippen LogP contribution is -2.04. The van der Waals surface area contributed by atoms with Gasteiger partial charge in [-0.15, -0.1) is 0 Å². The zero-order chi connectivity index (χ0) is 15.1. The highest BCUT2D eigenvalue weighted by molar-refractivity contribution is 5.51. The Labute approximate surface area is 126 Å². The maximum atomic E-state index is 9.43. The summed E-state index contributed by atoms with van der Waals surface area (Å²) in [6.07, 6.45) is 1.03. The fourth-order valence-corrected chi connectivity index (χ4v) is 2.38. The van der Waals surface area contributed by atoms with E-state index in [2.05, 4.69) is 36.5 Å². The van der Waals surface area contributed by atoms with E-state index < -0.39 is 0 Å². The SMILES string of the molecule is CCOc1ccc(NCc2ccccc2CC)cc1CO. The van der Waals surface area contributed by atoms with Crippen LogP contribution < -0.4 is 10.1 Å². The third-order valence-electron chi connectivity index (χ3n) is 3.51. The molecule has 21 heavy (non-hydrogen) atoms. The predicted molar refractivity (Wildman–Crippen MR) is 86.7 cm³/mol. The van der Waals surface area contributed by atoms with Gasteiger partial charge in [0.2, 0.25) is 0 Å². The number of anilines is 1. The van der Waals surface area contributed by atoms with Gasteiger partial charge in [0, 0.05) is 17.8 Å². The molecule has 0 aliphatic heterocycles. The van der Waals surface area contributed by atoms with E-state index in [-0.39, 0.29) is 6.61 Å². The first kappa shape index (κ1) is 15.4. The molecular formula is C18H23NO2. The largest absolute Gasteiger partial charge is 0.494 e. The first-order chi connectivity index (χ1) is 10.3. The Morgan fingerprint density at radius 3 is 2.43 bits per heavy atom. The van der Waals surface area contributed by atoms with Crippen LogP contribution in [-0.4, -0.2) is 11.7 Å². The molecule has 0 aromatic heterocycles. The van der Waals surface area contributed by atoms with Crippen LogP contribution >= 0.6 is 0 Å². The molecule has 0 aliphatic carbocycles. The second-order valence-electron chi connectivity index (χ2n) is 4.89. The van der Waals surface area contributed by atoms with Gasteiger partial charge >= 0.3 is 0 Å². The minimum absolute atomic E-state index is 0.0175. The van der Waals surface area contributed by atoms with Crippen molar-refractivity contribution in [2.45, 2.75) is 33.4 Å². The monoisotopic (exact) mass is 285 g/mol. The van der Waals surface area contributed by atoms with E-state index >= 15 is 0 Å². The van der Waals surface area contributed by atoms with E-state index in [1.54, 1.807) is 0 Å². The first-order valence-corrected chi connectivity index (χ1v) is 7.45. The molecule has 0 radical (unpaired) electrons. The van der Waals surface area contributed by atoms with Crippen LogP contribution in [0.5, 0.6) is 5.75 Å². The van der Waals surface area contributed by atoms with Gasteiger partial charge in [0.05, 0.1) is 13.2 Å². The number of aliphatic hydroxyl groups is 1. The number of aliphatic hydroxyl groups excluding tert-OH is 1. The van der Waals surface area contributed by atoms with Crippen molar-refractivity contribution in [3.63, 3.8) is 0 Å². The zero-order valence-electron chi connectivity index (χ0n) is 12.7. The molecule has 2 N–H and O–H groups in total. The first-order valence-electron chi connectivity index (χ1n) is 7.45. The summed E-state index contributed by atoms with van der Waals surface area (Å²) in [6, 6.07) is 14.3. The molecule has 2 aromatic carbocycles. The van der Waals surface area contributed by atoms with Crippen molar-refractivity contribution in [1.29, 1.82) is 0 Å². The van der Waals surface area contributed by atoms with Crippen LogP contribution in [0, 0.1) is 0 Å². The fourth-order valence-electron chi connectivity index (χ4n) is 2.38. The average molecular weight is 285 g/mol. The topological polar surface area (TPSA) is 41.5 Å². The molecular weight excluding hydrogens is 262 g/mol. The molecule has 0 amide bonds. The maximum absolute atomic E-state index is 9.43. The molecule has 0 heterocycles. The Morgan fingerprint density at radius 1 is 1.00 bits per heavy atom. The van der Waals surface area contributed by atoms with Crippen molar-refractivity contribution in [2.75, 3.05) is 11.9 Å². The number of benzene rings is 2. The summed E-state index contributed by atoms with van der Waals surface area (Å²) in [5, 5.41) is 12.8. The molecule has 0 saturated heterocycles. The molecule has 3 nitrogen and oxygen atoms in total. The molecule has 2 aromatic rings. The lowest BCUT2D eigenvalue weighted by molar-refractivity contribution is 0.267. The van der Waals surface area contributed by atoms with Crippen LogP contribution in [0.1, 0.15) is 30.5 Å². The summed E-state index contributed by atoms with van der Waals surface area (Å²) in [4.78, 5) is 0. The number of hydrogen-bond acceptors (Lipinski definition) is 3. The van der Waals surface area contributed by atoms with E-state index in [4.69, 9.17) is 4.74 Å². The van der Waals surface area contributed by atoms with E-state index in [1.165, 1.54) is 11.1 Å². The van der Waals surface area contributed by atoms with E-state index in [9.17, 15) is 5.11 Å². The lowest BCUT2D eigenvalue weighted by atomic mass is 10.1. The molecule has 2 rings (SSSR count). The van der Waals surface area contributed by atoms with Crippen molar-refractivity contribution >= 4 is 5.69 Å². The van der Waals surface area contributed by atoms with Gasteiger partial charge in [0.1, 0.15) is 5.75 Å². The normalized spacial score (nSPS) is 10.4. The van der Waals surface area contributed by atoms with Crippen LogP contribution in [0.3, 0.4) is 0 Å². The Bertz CT molecular complexity index is 581. The van der Waals surface area contributed by atoms with Gasteiger partial charge in [-0.2, -0.15) is 0 Å². The highest BCUT2D eigenvalue weighted by Gasteiger charge is 2.05. The molecule has 0 saturated carbocycles. The third kappa shape index (κ3) is 3.99. The van der Waals surface area contributed by atoms with Gasteiger partial charge in [-0.05, 0) is 42.7 Å². The van der Waals surface area contributed by atoms with Crippen LogP contribution in [0.4, 0.5) is 5.69 Å². The van der Waals surface area contributed by atoms with Crippen LogP contribution in [-0.2, 0) is 19.6 Å². The van der Waals surface area contributed by atoms with Gasteiger partial charge in [-0.1, -0.05) is 31.2 Å². The minimum atomic E-state index is -0.0175. The van der Waals surface area contributed by atoms with Gasteiger partial charge < -0.3 is 15.2 Å². The zero-order valence-corrected chi connectivity index (χ0v) is 12.7. The van der Waals surface area contributed by atoms with Gasteiger partial charge in [-0.3, -0.25) is 0 Å². The molecule has 0 spiro atoms. The molecule has 0 aliphatic rings. The van der Waals surface area contributed by atoms with Crippen LogP contribution in [0.2, 0.25) is 0 Å². The standard InChI is InChI=1S/C18H23NO2/c1-3-14-7-5-6-8-15(14)12-19-17-9-10-18(21-4-2)16(11-17)13-20/h5-11,19-20H,3-4,12-13H2,1-2H3. The van der Waals surface area contributed by atoms with Crippen molar-refractivity contribution < 1.29 is 9.84 Å². The van der Waals surface area contributed by atoms with E-state index in [1.807, 2.05) is 25.1 Å². The summed E-state index contributed by atoms with van der Waals surface area (Å²) in [5.74, 6) is 0.750. The average Bonchev–Trinajstić information content (AvgIpc) is 2.54. The fraction of sp³-hybridized carbons (Fsp3) is 0.333. The Balaban J connectivity index is 2.09. The second kappa shape index (κ2) is 7.70. The van der Waals surface area contributed by atoms with Gasteiger partial charge in [0.15, 0.2) is 0 Å². The molecule has 0 bridgehead atoms. The summed E-state index contributed by atoms with van der Waals surface area (Å²) < 4.78 is 5.49. The van der Waals surface area contributed by atoms with Crippen molar-refractivity contribution in [1.82, 2.24) is 0 Å². The molecule has 0 atom stereocenters. The number of nitrogens with one attached hydrogen (secondary N) is 1. The molecule has 3 heteroatoms. The van der Waals surface area contributed by atoms with Crippen molar-refractivity contribution in [2.24, 2.45) is 0 Å².